The third-order valence-electron chi connectivity index (χ3n) is 3.26. The Balaban J connectivity index is 2.07. The maximum Gasteiger partial charge on any atom is 0.216 e. The highest BCUT2D eigenvalue weighted by atomic mass is 19.1. The van der Waals surface area contributed by atoms with E-state index in [1.54, 1.807) is 31.3 Å². The summed E-state index contributed by atoms with van der Waals surface area (Å²) in [7, 11) is 3.32. The van der Waals surface area contributed by atoms with Gasteiger partial charge in [0.15, 0.2) is 11.4 Å². The van der Waals surface area contributed by atoms with E-state index in [9.17, 15) is 4.39 Å². The summed E-state index contributed by atoms with van der Waals surface area (Å²) in [6.07, 6.45) is 1.42. The van der Waals surface area contributed by atoms with Crippen molar-refractivity contribution < 1.29 is 13.5 Å². The zero-order valence-corrected chi connectivity index (χ0v) is 11.6. The first kappa shape index (κ1) is 13.5. The summed E-state index contributed by atoms with van der Waals surface area (Å²) in [6, 6.07) is 8.03. The molecule has 1 atom stereocenters. The fourth-order valence-electron chi connectivity index (χ4n) is 2.25. The van der Waals surface area contributed by atoms with Gasteiger partial charge in [0, 0.05) is 11.5 Å². The molecule has 3 aromatic rings. The molecule has 0 amide bonds. The van der Waals surface area contributed by atoms with Crippen LogP contribution in [-0.2, 0) is 0 Å². The first-order chi connectivity index (χ1) is 10.2. The van der Waals surface area contributed by atoms with Gasteiger partial charge < -0.3 is 14.5 Å². The van der Waals surface area contributed by atoms with Crippen molar-refractivity contribution in [1.82, 2.24) is 15.3 Å². The Morgan fingerprint density at radius 1 is 1.29 bits per heavy atom. The number of furan rings is 1. The fraction of sp³-hybridized carbons (Fsp3) is 0.200. The van der Waals surface area contributed by atoms with Gasteiger partial charge in [-0.15, -0.1) is 0 Å². The smallest absolute Gasteiger partial charge is 0.216 e. The first-order valence-corrected chi connectivity index (χ1v) is 6.44. The van der Waals surface area contributed by atoms with Crippen LogP contribution in [0.5, 0.6) is 5.88 Å². The minimum Gasteiger partial charge on any atom is -0.481 e. The SMILES string of the molecule is CNC(c1cc(OC)ncn1)c1cc2cccc(F)c2o1. The number of ether oxygens (including phenoxy) is 1. The molecule has 0 saturated heterocycles. The number of fused-ring (bicyclic) bond motifs is 1. The number of halogens is 1. The van der Waals surface area contributed by atoms with Crippen molar-refractivity contribution >= 4 is 11.0 Å². The van der Waals surface area contributed by atoms with Crippen molar-refractivity contribution in [2.24, 2.45) is 0 Å². The lowest BCUT2D eigenvalue weighted by atomic mass is 10.1. The topological polar surface area (TPSA) is 60.2 Å². The molecule has 0 radical (unpaired) electrons. The molecule has 1 N–H and O–H groups in total. The van der Waals surface area contributed by atoms with E-state index >= 15 is 0 Å². The molecule has 21 heavy (non-hydrogen) atoms. The van der Waals surface area contributed by atoms with E-state index < -0.39 is 0 Å². The number of methoxy groups -OCH3 is 1. The van der Waals surface area contributed by atoms with Gasteiger partial charge in [0.25, 0.3) is 0 Å². The summed E-state index contributed by atoms with van der Waals surface area (Å²) in [6.45, 7) is 0. The molecule has 2 heterocycles. The van der Waals surface area contributed by atoms with Crippen LogP contribution in [0.25, 0.3) is 11.0 Å². The normalized spacial score (nSPS) is 12.5. The molecule has 0 aliphatic rings. The number of hydrogen-bond donors (Lipinski definition) is 1. The number of rotatable bonds is 4. The van der Waals surface area contributed by atoms with Crippen LogP contribution in [0.4, 0.5) is 4.39 Å². The van der Waals surface area contributed by atoms with Crippen molar-refractivity contribution in [2.75, 3.05) is 14.2 Å². The van der Waals surface area contributed by atoms with E-state index in [0.717, 1.165) is 0 Å². The predicted octanol–water partition coefficient (Wildman–Crippen LogP) is 2.68. The average Bonchev–Trinajstić information content (AvgIpc) is 2.93. The van der Waals surface area contributed by atoms with Gasteiger partial charge in [0.05, 0.1) is 12.8 Å². The second kappa shape index (κ2) is 5.49. The summed E-state index contributed by atoms with van der Waals surface area (Å²) in [4.78, 5) is 8.19. The van der Waals surface area contributed by atoms with E-state index in [4.69, 9.17) is 9.15 Å². The molecule has 2 aromatic heterocycles. The molecule has 0 fully saturated rings. The molecule has 1 aromatic carbocycles. The van der Waals surface area contributed by atoms with Gasteiger partial charge in [0.2, 0.25) is 5.88 Å². The molecule has 3 rings (SSSR count). The predicted molar refractivity (Wildman–Crippen MR) is 75.7 cm³/mol. The average molecular weight is 287 g/mol. The quantitative estimate of drug-likeness (QED) is 0.799. The van der Waals surface area contributed by atoms with Gasteiger partial charge in [-0.05, 0) is 19.2 Å². The molecule has 0 bridgehead atoms. The van der Waals surface area contributed by atoms with Crippen LogP contribution in [-0.4, -0.2) is 24.1 Å². The Kier molecular flexibility index (Phi) is 3.53. The van der Waals surface area contributed by atoms with Crippen LogP contribution in [0.15, 0.2) is 41.1 Å². The summed E-state index contributed by atoms with van der Waals surface area (Å²) in [5.74, 6) is 0.662. The number of benzene rings is 1. The maximum absolute atomic E-state index is 13.7. The lowest BCUT2D eigenvalue weighted by Crippen LogP contribution is -2.18. The van der Waals surface area contributed by atoms with Crippen molar-refractivity contribution in [3.63, 3.8) is 0 Å². The second-order valence-electron chi connectivity index (χ2n) is 4.51. The van der Waals surface area contributed by atoms with E-state index in [1.165, 1.54) is 19.5 Å². The van der Waals surface area contributed by atoms with Gasteiger partial charge in [-0.2, -0.15) is 0 Å². The molecule has 6 heteroatoms. The third kappa shape index (κ3) is 2.45. The molecule has 5 nitrogen and oxygen atoms in total. The Morgan fingerprint density at radius 2 is 2.14 bits per heavy atom. The van der Waals surface area contributed by atoms with Gasteiger partial charge in [-0.25, -0.2) is 14.4 Å². The molecule has 0 saturated carbocycles. The second-order valence-corrected chi connectivity index (χ2v) is 4.51. The zero-order chi connectivity index (χ0) is 14.8. The Morgan fingerprint density at radius 3 is 2.86 bits per heavy atom. The Hall–Kier alpha value is -2.47. The Bertz CT molecular complexity index is 772. The molecule has 108 valence electrons. The van der Waals surface area contributed by atoms with Crippen molar-refractivity contribution in [1.29, 1.82) is 0 Å². The Labute approximate surface area is 120 Å². The van der Waals surface area contributed by atoms with Crippen LogP contribution in [0, 0.1) is 5.82 Å². The minimum atomic E-state index is -0.381. The zero-order valence-electron chi connectivity index (χ0n) is 11.6. The van der Waals surface area contributed by atoms with Gasteiger partial charge >= 0.3 is 0 Å². The number of para-hydroxylation sites is 1. The molecule has 0 aliphatic carbocycles. The van der Waals surface area contributed by atoms with E-state index in [0.29, 0.717) is 22.7 Å². The highest BCUT2D eigenvalue weighted by molar-refractivity contribution is 5.78. The van der Waals surface area contributed by atoms with Gasteiger partial charge in [-0.1, -0.05) is 12.1 Å². The minimum absolute atomic E-state index is 0.244. The van der Waals surface area contributed by atoms with Crippen molar-refractivity contribution in [2.45, 2.75) is 6.04 Å². The van der Waals surface area contributed by atoms with E-state index in [2.05, 4.69) is 15.3 Å². The van der Waals surface area contributed by atoms with Crippen molar-refractivity contribution in [3.05, 3.63) is 53.9 Å². The molecule has 0 spiro atoms. The molecule has 1 unspecified atom stereocenters. The summed E-state index contributed by atoms with van der Waals surface area (Å²) in [5.41, 5.74) is 0.928. The number of nitrogens with zero attached hydrogens (tertiary/aromatic N) is 2. The summed E-state index contributed by atoms with van der Waals surface area (Å²) in [5, 5.41) is 3.82. The molecular weight excluding hydrogens is 273 g/mol. The lowest BCUT2D eigenvalue weighted by molar-refractivity contribution is 0.394. The lowest BCUT2D eigenvalue weighted by Gasteiger charge is -2.13. The largest absolute Gasteiger partial charge is 0.481 e. The van der Waals surface area contributed by atoms with Crippen LogP contribution in [0.2, 0.25) is 0 Å². The number of aromatic nitrogens is 2. The van der Waals surface area contributed by atoms with Crippen LogP contribution < -0.4 is 10.1 Å². The molecule has 0 aliphatic heterocycles. The number of hydrogen-bond acceptors (Lipinski definition) is 5. The summed E-state index contributed by atoms with van der Waals surface area (Å²) >= 11 is 0. The standard InChI is InChI=1S/C15H14FN3O2/c1-17-14(11-7-13(20-2)19-8-18-11)12-6-9-4-3-5-10(16)15(9)21-12/h3-8,14,17H,1-2H3. The first-order valence-electron chi connectivity index (χ1n) is 6.44. The highest BCUT2D eigenvalue weighted by Gasteiger charge is 2.20. The maximum atomic E-state index is 13.7. The van der Waals surface area contributed by atoms with Crippen LogP contribution in [0.3, 0.4) is 0 Å². The van der Waals surface area contributed by atoms with Crippen LogP contribution >= 0.6 is 0 Å². The number of nitrogens with one attached hydrogen (secondary N) is 1. The highest BCUT2D eigenvalue weighted by Crippen LogP contribution is 2.29. The van der Waals surface area contributed by atoms with Crippen molar-refractivity contribution in [3.8, 4) is 5.88 Å². The molecular formula is C15H14FN3O2. The van der Waals surface area contributed by atoms with E-state index in [1.807, 2.05) is 0 Å². The monoisotopic (exact) mass is 287 g/mol. The summed E-state index contributed by atoms with van der Waals surface area (Å²) < 4.78 is 24.5. The van der Waals surface area contributed by atoms with Crippen LogP contribution in [0.1, 0.15) is 17.5 Å². The fourth-order valence-corrected chi connectivity index (χ4v) is 2.25. The van der Waals surface area contributed by atoms with Gasteiger partial charge in [0.1, 0.15) is 18.1 Å². The third-order valence-corrected chi connectivity index (χ3v) is 3.26. The van der Waals surface area contributed by atoms with E-state index in [-0.39, 0.29) is 17.4 Å². The van der Waals surface area contributed by atoms with Gasteiger partial charge in [-0.3, -0.25) is 0 Å².